The van der Waals surface area contributed by atoms with Crippen LogP contribution < -0.4 is 0 Å². The normalized spacial score (nSPS) is 20.9. The summed E-state index contributed by atoms with van der Waals surface area (Å²) in [6.45, 7) is 8.46. The SMILES string of the molecule is C=CCC[CH]C1=CCCC(C)(C)C1. The molecular weight excluding hydrogens is 156 g/mol. The van der Waals surface area contributed by atoms with Crippen molar-refractivity contribution in [1.82, 2.24) is 0 Å². The molecule has 0 unspecified atom stereocenters. The maximum absolute atomic E-state index is 3.73. The van der Waals surface area contributed by atoms with Gasteiger partial charge in [-0.25, -0.2) is 0 Å². The van der Waals surface area contributed by atoms with Gasteiger partial charge in [0.15, 0.2) is 0 Å². The van der Waals surface area contributed by atoms with E-state index in [1.165, 1.54) is 19.3 Å². The van der Waals surface area contributed by atoms with Gasteiger partial charge in [-0.05, 0) is 43.9 Å². The zero-order valence-electron chi connectivity index (χ0n) is 8.97. The topological polar surface area (TPSA) is 0 Å². The molecule has 1 radical (unpaired) electrons. The molecule has 0 aromatic carbocycles. The van der Waals surface area contributed by atoms with Gasteiger partial charge in [-0.15, -0.1) is 6.58 Å². The summed E-state index contributed by atoms with van der Waals surface area (Å²) in [5.74, 6) is 0. The van der Waals surface area contributed by atoms with Crippen LogP contribution in [0.5, 0.6) is 0 Å². The van der Waals surface area contributed by atoms with Crippen LogP contribution in [0, 0.1) is 11.8 Å². The fourth-order valence-corrected chi connectivity index (χ4v) is 1.90. The highest BCUT2D eigenvalue weighted by Gasteiger charge is 2.21. The summed E-state index contributed by atoms with van der Waals surface area (Å²) < 4.78 is 0. The predicted octanol–water partition coefficient (Wildman–Crippen LogP) is 4.29. The average molecular weight is 177 g/mol. The van der Waals surface area contributed by atoms with Gasteiger partial charge in [-0.2, -0.15) is 0 Å². The van der Waals surface area contributed by atoms with Gasteiger partial charge >= 0.3 is 0 Å². The fraction of sp³-hybridized carbons (Fsp3) is 0.615. The molecule has 0 N–H and O–H groups in total. The number of hydrogen-bond donors (Lipinski definition) is 0. The standard InChI is InChI=1S/C13H21/c1-4-5-6-8-12-9-7-10-13(2,3)11-12/h4,8-9H,1,5-7,10-11H2,2-3H3. The third-order valence-corrected chi connectivity index (χ3v) is 2.69. The van der Waals surface area contributed by atoms with Crippen molar-refractivity contribution < 1.29 is 0 Å². The molecule has 1 aliphatic rings. The van der Waals surface area contributed by atoms with Gasteiger partial charge in [0.2, 0.25) is 0 Å². The Hall–Kier alpha value is -0.520. The second-order valence-corrected chi connectivity index (χ2v) is 4.73. The number of hydrogen-bond acceptors (Lipinski definition) is 0. The second kappa shape index (κ2) is 4.64. The molecule has 0 heterocycles. The molecule has 73 valence electrons. The summed E-state index contributed by atoms with van der Waals surface area (Å²) in [7, 11) is 0. The highest BCUT2D eigenvalue weighted by Crippen LogP contribution is 2.36. The van der Waals surface area contributed by atoms with E-state index in [0.29, 0.717) is 5.41 Å². The van der Waals surface area contributed by atoms with Crippen molar-refractivity contribution >= 4 is 0 Å². The molecule has 0 aromatic heterocycles. The Kier molecular flexibility index (Phi) is 3.77. The quantitative estimate of drug-likeness (QED) is 0.444. The lowest BCUT2D eigenvalue weighted by molar-refractivity contribution is 0.321. The molecule has 1 rings (SSSR count). The summed E-state index contributed by atoms with van der Waals surface area (Å²) in [4.78, 5) is 0. The number of allylic oxidation sites excluding steroid dienone is 3. The summed E-state index contributed by atoms with van der Waals surface area (Å²) in [6, 6.07) is 0. The van der Waals surface area contributed by atoms with Gasteiger partial charge < -0.3 is 0 Å². The number of unbranched alkanes of at least 4 members (excludes halogenated alkanes) is 1. The van der Waals surface area contributed by atoms with Crippen LogP contribution in [0.4, 0.5) is 0 Å². The molecule has 0 atom stereocenters. The third kappa shape index (κ3) is 3.80. The van der Waals surface area contributed by atoms with Gasteiger partial charge in [-0.1, -0.05) is 31.6 Å². The van der Waals surface area contributed by atoms with Gasteiger partial charge in [0.05, 0.1) is 0 Å². The molecule has 0 aromatic rings. The molecular formula is C13H21. The maximum Gasteiger partial charge on any atom is -0.0134 e. The van der Waals surface area contributed by atoms with Crippen molar-refractivity contribution in [3.63, 3.8) is 0 Å². The summed E-state index contributed by atoms with van der Waals surface area (Å²) in [5, 5.41) is 0. The minimum absolute atomic E-state index is 0.523. The molecule has 0 nitrogen and oxygen atoms in total. The van der Waals surface area contributed by atoms with E-state index in [4.69, 9.17) is 0 Å². The molecule has 1 aliphatic carbocycles. The van der Waals surface area contributed by atoms with Crippen molar-refractivity contribution in [1.29, 1.82) is 0 Å². The molecule has 0 saturated carbocycles. The van der Waals surface area contributed by atoms with Crippen molar-refractivity contribution in [3.05, 3.63) is 30.7 Å². The lowest BCUT2D eigenvalue weighted by Crippen LogP contribution is -2.15. The smallest absolute Gasteiger partial charge is 0.0134 e. The van der Waals surface area contributed by atoms with Crippen molar-refractivity contribution in [2.45, 2.75) is 46.0 Å². The minimum Gasteiger partial charge on any atom is -0.103 e. The van der Waals surface area contributed by atoms with Crippen molar-refractivity contribution in [2.24, 2.45) is 5.41 Å². The minimum atomic E-state index is 0.523. The highest BCUT2D eigenvalue weighted by molar-refractivity contribution is 5.18. The largest absolute Gasteiger partial charge is 0.103 e. The van der Waals surface area contributed by atoms with Crippen molar-refractivity contribution in [3.8, 4) is 0 Å². The molecule has 0 heteroatoms. The average Bonchev–Trinajstić information content (AvgIpc) is 2.03. The molecule has 0 amide bonds. The van der Waals surface area contributed by atoms with E-state index in [2.05, 4.69) is 32.9 Å². The first-order valence-electron chi connectivity index (χ1n) is 5.27. The van der Waals surface area contributed by atoms with Gasteiger partial charge in [0, 0.05) is 0 Å². The highest BCUT2D eigenvalue weighted by atomic mass is 14.3. The first-order valence-corrected chi connectivity index (χ1v) is 5.27. The monoisotopic (exact) mass is 177 g/mol. The Labute approximate surface area is 82.7 Å². The van der Waals surface area contributed by atoms with Crippen LogP contribution in [0.2, 0.25) is 0 Å². The van der Waals surface area contributed by atoms with E-state index in [9.17, 15) is 0 Å². The van der Waals surface area contributed by atoms with E-state index >= 15 is 0 Å². The van der Waals surface area contributed by atoms with Crippen molar-refractivity contribution in [2.75, 3.05) is 0 Å². The Bertz CT molecular complexity index is 196. The van der Waals surface area contributed by atoms with Crippen LogP contribution in [0.15, 0.2) is 24.3 Å². The van der Waals surface area contributed by atoms with E-state index in [1.54, 1.807) is 5.57 Å². The van der Waals surface area contributed by atoms with E-state index < -0.39 is 0 Å². The van der Waals surface area contributed by atoms with Crippen LogP contribution >= 0.6 is 0 Å². The number of rotatable bonds is 4. The zero-order chi connectivity index (χ0) is 9.73. The molecule has 0 fully saturated rings. The Morgan fingerprint density at radius 2 is 2.23 bits per heavy atom. The predicted molar refractivity (Wildman–Crippen MR) is 59.4 cm³/mol. The maximum atomic E-state index is 3.73. The van der Waals surface area contributed by atoms with E-state index in [1.807, 2.05) is 6.08 Å². The van der Waals surface area contributed by atoms with Crippen LogP contribution in [-0.2, 0) is 0 Å². The lowest BCUT2D eigenvalue weighted by atomic mass is 9.76. The molecule has 0 saturated heterocycles. The van der Waals surface area contributed by atoms with Gasteiger partial charge in [-0.3, -0.25) is 0 Å². The molecule has 13 heavy (non-hydrogen) atoms. The zero-order valence-corrected chi connectivity index (χ0v) is 8.97. The second-order valence-electron chi connectivity index (χ2n) is 4.73. The molecule has 0 bridgehead atoms. The van der Waals surface area contributed by atoms with Crippen LogP contribution in [-0.4, -0.2) is 0 Å². The Morgan fingerprint density at radius 1 is 1.46 bits per heavy atom. The first kappa shape index (κ1) is 10.6. The van der Waals surface area contributed by atoms with Crippen LogP contribution in [0.1, 0.15) is 46.0 Å². The lowest BCUT2D eigenvalue weighted by Gasteiger charge is -2.29. The Balaban J connectivity index is 2.33. The summed E-state index contributed by atoms with van der Waals surface area (Å²) >= 11 is 0. The fourth-order valence-electron chi connectivity index (χ4n) is 1.90. The summed E-state index contributed by atoms with van der Waals surface area (Å²) in [6.07, 6.45) is 12.9. The summed E-state index contributed by atoms with van der Waals surface area (Å²) in [5.41, 5.74) is 2.08. The van der Waals surface area contributed by atoms with Crippen LogP contribution in [0.25, 0.3) is 0 Å². The molecule has 0 spiro atoms. The first-order chi connectivity index (χ1) is 6.14. The van der Waals surface area contributed by atoms with E-state index in [0.717, 1.165) is 12.8 Å². The van der Waals surface area contributed by atoms with E-state index in [-0.39, 0.29) is 0 Å². The Morgan fingerprint density at radius 3 is 2.85 bits per heavy atom. The van der Waals surface area contributed by atoms with Gasteiger partial charge in [0.1, 0.15) is 0 Å². The van der Waals surface area contributed by atoms with Gasteiger partial charge in [0.25, 0.3) is 0 Å². The molecule has 0 aliphatic heterocycles. The third-order valence-electron chi connectivity index (χ3n) is 2.69. The van der Waals surface area contributed by atoms with Crippen LogP contribution in [0.3, 0.4) is 0 Å².